The first-order valence-corrected chi connectivity index (χ1v) is 6.76. The standard InChI is InChI=1S/C16H27NO/c1-13(2)10-17(12-16(4,5)18)11-15-8-6-14(3)7-9-15/h6-9,13,18H,10-12H2,1-5H3. The molecule has 0 heterocycles. The maximum absolute atomic E-state index is 9.98. The first-order chi connectivity index (χ1) is 8.26. The van der Waals surface area contributed by atoms with Crippen LogP contribution in [0.25, 0.3) is 0 Å². The van der Waals surface area contributed by atoms with Crippen LogP contribution in [0.3, 0.4) is 0 Å². The summed E-state index contributed by atoms with van der Waals surface area (Å²) in [6.07, 6.45) is 0. The third kappa shape index (κ3) is 6.18. The number of hydrogen-bond acceptors (Lipinski definition) is 2. The van der Waals surface area contributed by atoms with E-state index in [1.165, 1.54) is 11.1 Å². The molecular formula is C16H27NO. The van der Waals surface area contributed by atoms with Crippen molar-refractivity contribution in [1.29, 1.82) is 0 Å². The van der Waals surface area contributed by atoms with Crippen molar-refractivity contribution >= 4 is 0 Å². The van der Waals surface area contributed by atoms with Crippen molar-refractivity contribution in [2.75, 3.05) is 13.1 Å². The second kappa shape index (κ2) is 6.35. The molecule has 2 nitrogen and oxygen atoms in total. The Hall–Kier alpha value is -0.860. The Balaban J connectivity index is 2.68. The van der Waals surface area contributed by atoms with Crippen molar-refractivity contribution in [2.24, 2.45) is 5.92 Å². The quantitative estimate of drug-likeness (QED) is 0.836. The van der Waals surface area contributed by atoms with Gasteiger partial charge in [-0.3, -0.25) is 4.90 Å². The van der Waals surface area contributed by atoms with Crippen molar-refractivity contribution < 1.29 is 5.11 Å². The molecule has 2 heteroatoms. The first kappa shape index (κ1) is 15.2. The van der Waals surface area contributed by atoms with Gasteiger partial charge in [-0.15, -0.1) is 0 Å². The van der Waals surface area contributed by atoms with Crippen LogP contribution in [0.15, 0.2) is 24.3 Å². The average molecular weight is 249 g/mol. The van der Waals surface area contributed by atoms with Gasteiger partial charge in [0.2, 0.25) is 0 Å². The highest BCUT2D eigenvalue weighted by atomic mass is 16.3. The topological polar surface area (TPSA) is 23.5 Å². The lowest BCUT2D eigenvalue weighted by Crippen LogP contribution is -2.40. The summed E-state index contributed by atoms with van der Waals surface area (Å²) in [5.41, 5.74) is 1.96. The van der Waals surface area contributed by atoms with Crippen LogP contribution in [0.5, 0.6) is 0 Å². The molecule has 1 rings (SSSR count). The number of hydrogen-bond donors (Lipinski definition) is 1. The van der Waals surface area contributed by atoms with Gasteiger partial charge in [-0.2, -0.15) is 0 Å². The minimum Gasteiger partial charge on any atom is -0.389 e. The van der Waals surface area contributed by atoms with E-state index in [4.69, 9.17) is 0 Å². The van der Waals surface area contributed by atoms with E-state index < -0.39 is 5.60 Å². The molecule has 1 aromatic rings. The lowest BCUT2D eigenvalue weighted by atomic mass is 10.1. The molecule has 0 fully saturated rings. The molecule has 0 aliphatic rings. The molecule has 0 aromatic heterocycles. The highest BCUT2D eigenvalue weighted by molar-refractivity contribution is 5.21. The third-order valence-corrected chi connectivity index (χ3v) is 2.76. The summed E-state index contributed by atoms with van der Waals surface area (Å²) < 4.78 is 0. The van der Waals surface area contributed by atoms with Gasteiger partial charge < -0.3 is 5.11 Å². The fourth-order valence-electron chi connectivity index (χ4n) is 2.20. The molecule has 0 bridgehead atoms. The molecule has 1 aromatic carbocycles. The van der Waals surface area contributed by atoms with Crippen LogP contribution in [0.2, 0.25) is 0 Å². The Bertz CT molecular complexity index is 348. The molecule has 18 heavy (non-hydrogen) atoms. The van der Waals surface area contributed by atoms with Gasteiger partial charge in [0.1, 0.15) is 0 Å². The van der Waals surface area contributed by atoms with Crippen molar-refractivity contribution in [2.45, 2.75) is 46.8 Å². The predicted octanol–water partition coefficient (Wildman–Crippen LogP) is 3.22. The minimum absolute atomic E-state index is 0.609. The summed E-state index contributed by atoms with van der Waals surface area (Å²) in [5, 5.41) is 9.98. The van der Waals surface area contributed by atoms with E-state index in [1.54, 1.807) is 0 Å². The number of benzene rings is 1. The Morgan fingerprint density at radius 1 is 1.17 bits per heavy atom. The molecule has 0 unspecified atom stereocenters. The zero-order chi connectivity index (χ0) is 13.8. The van der Waals surface area contributed by atoms with E-state index in [0.29, 0.717) is 12.5 Å². The van der Waals surface area contributed by atoms with Crippen molar-refractivity contribution in [3.8, 4) is 0 Å². The molecule has 102 valence electrons. The van der Waals surface area contributed by atoms with Gasteiger partial charge in [0.15, 0.2) is 0 Å². The summed E-state index contributed by atoms with van der Waals surface area (Å²) in [7, 11) is 0. The Labute approximate surface area is 112 Å². The van der Waals surface area contributed by atoms with E-state index in [9.17, 15) is 5.11 Å². The van der Waals surface area contributed by atoms with Gasteiger partial charge in [-0.1, -0.05) is 43.7 Å². The number of aliphatic hydroxyl groups is 1. The summed E-state index contributed by atoms with van der Waals surface area (Å²) in [6, 6.07) is 8.64. The largest absolute Gasteiger partial charge is 0.389 e. The Morgan fingerprint density at radius 2 is 1.72 bits per heavy atom. The van der Waals surface area contributed by atoms with Crippen LogP contribution in [0.4, 0.5) is 0 Å². The molecule has 0 radical (unpaired) electrons. The van der Waals surface area contributed by atoms with Crippen LogP contribution in [-0.4, -0.2) is 28.7 Å². The lowest BCUT2D eigenvalue weighted by molar-refractivity contribution is 0.0297. The normalized spacial score (nSPS) is 12.4. The van der Waals surface area contributed by atoms with Crippen LogP contribution >= 0.6 is 0 Å². The maximum atomic E-state index is 9.98. The maximum Gasteiger partial charge on any atom is 0.0718 e. The van der Waals surface area contributed by atoms with E-state index in [2.05, 4.69) is 49.9 Å². The zero-order valence-corrected chi connectivity index (χ0v) is 12.4. The van der Waals surface area contributed by atoms with Gasteiger partial charge in [-0.05, 0) is 32.3 Å². The SMILES string of the molecule is Cc1ccc(CN(CC(C)C)CC(C)(C)O)cc1. The smallest absolute Gasteiger partial charge is 0.0718 e. The van der Waals surface area contributed by atoms with Gasteiger partial charge in [-0.25, -0.2) is 0 Å². The van der Waals surface area contributed by atoms with Gasteiger partial charge >= 0.3 is 0 Å². The van der Waals surface area contributed by atoms with E-state index in [0.717, 1.165) is 13.1 Å². The van der Waals surface area contributed by atoms with Gasteiger partial charge in [0.05, 0.1) is 5.60 Å². The second-order valence-corrected chi connectivity index (χ2v) is 6.36. The van der Waals surface area contributed by atoms with Gasteiger partial charge in [0, 0.05) is 19.6 Å². The summed E-state index contributed by atoms with van der Waals surface area (Å²) in [4.78, 5) is 2.33. The fraction of sp³-hybridized carbons (Fsp3) is 0.625. The molecule has 0 aliphatic carbocycles. The minimum atomic E-state index is -0.639. The average Bonchev–Trinajstić information content (AvgIpc) is 2.18. The predicted molar refractivity (Wildman–Crippen MR) is 77.6 cm³/mol. The molecule has 0 aliphatic heterocycles. The number of rotatable bonds is 6. The number of nitrogens with zero attached hydrogens (tertiary/aromatic N) is 1. The van der Waals surface area contributed by atoms with Crippen molar-refractivity contribution in [3.05, 3.63) is 35.4 Å². The Kier molecular flexibility index (Phi) is 5.36. The van der Waals surface area contributed by atoms with Crippen LogP contribution < -0.4 is 0 Å². The van der Waals surface area contributed by atoms with Crippen molar-refractivity contribution in [1.82, 2.24) is 4.90 Å². The highest BCUT2D eigenvalue weighted by Crippen LogP contribution is 2.13. The monoisotopic (exact) mass is 249 g/mol. The van der Waals surface area contributed by atoms with Crippen LogP contribution in [0, 0.1) is 12.8 Å². The highest BCUT2D eigenvalue weighted by Gasteiger charge is 2.19. The Morgan fingerprint density at radius 3 is 2.17 bits per heavy atom. The molecule has 0 spiro atoms. The summed E-state index contributed by atoms with van der Waals surface area (Å²) in [6.45, 7) is 12.9. The third-order valence-electron chi connectivity index (χ3n) is 2.76. The van der Waals surface area contributed by atoms with Gasteiger partial charge in [0.25, 0.3) is 0 Å². The van der Waals surface area contributed by atoms with E-state index in [1.807, 2.05) is 13.8 Å². The van der Waals surface area contributed by atoms with E-state index in [-0.39, 0.29) is 0 Å². The molecule has 0 amide bonds. The van der Waals surface area contributed by atoms with Crippen molar-refractivity contribution in [3.63, 3.8) is 0 Å². The molecule has 1 N–H and O–H groups in total. The van der Waals surface area contributed by atoms with E-state index >= 15 is 0 Å². The molecule has 0 saturated heterocycles. The second-order valence-electron chi connectivity index (χ2n) is 6.36. The summed E-state index contributed by atoms with van der Waals surface area (Å²) in [5.74, 6) is 0.609. The summed E-state index contributed by atoms with van der Waals surface area (Å²) >= 11 is 0. The zero-order valence-electron chi connectivity index (χ0n) is 12.4. The number of aryl methyl sites for hydroxylation is 1. The fourth-order valence-corrected chi connectivity index (χ4v) is 2.20. The van der Waals surface area contributed by atoms with Crippen LogP contribution in [0.1, 0.15) is 38.8 Å². The van der Waals surface area contributed by atoms with Crippen LogP contribution in [-0.2, 0) is 6.54 Å². The molecule has 0 saturated carbocycles. The molecular weight excluding hydrogens is 222 g/mol. The molecule has 0 atom stereocenters. The lowest BCUT2D eigenvalue weighted by Gasteiger charge is -2.30. The first-order valence-electron chi connectivity index (χ1n) is 6.76.